The molecule has 0 aliphatic rings. The highest BCUT2D eigenvalue weighted by Gasteiger charge is 2.14. The van der Waals surface area contributed by atoms with Crippen LogP contribution in [0.25, 0.3) is 0 Å². The SMILES string of the molecule is O=C(O)c1ccc(NC(=O)c2ccncc2O)c(F)c1. The van der Waals surface area contributed by atoms with Crippen LogP contribution < -0.4 is 5.32 Å². The number of aromatic carboxylic acids is 1. The molecule has 6 nitrogen and oxygen atoms in total. The third-order valence-electron chi connectivity index (χ3n) is 2.51. The van der Waals surface area contributed by atoms with E-state index in [4.69, 9.17) is 5.11 Å². The van der Waals surface area contributed by atoms with Crippen LogP contribution in [0.15, 0.2) is 36.7 Å². The number of benzene rings is 1. The van der Waals surface area contributed by atoms with Gasteiger partial charge in [0.05, 0.1) is 23.0 Å². The maximum atomic E-state index is 13.6. The van der Waals surface area contributed by atoms with Crippen molar-refractivity contribution in [3.8, 4) is 5.75 Å². The van der Waals surface area contributed by atoms with Gasteiger partial charge in [0.1, 0.15) is 11.6 Å². The molecule has 1 aromatic heterocycles. The summed E-state index contributed by atoms with van der Waals surface area (Å²) in [6.45, 7) is 0. The number of carboxylic acid groups (broad SMARTS) is 1. The first-order chi connectivity index (χ1) is 9.49. The molecule has 3 N–H and O–H groups in total. The minimum absolute atomic E-state index is 0.0679. The molecular weight excluding hydrogens is 267 g/mol. The number of aromatic nitrogens is 1. The molecule has 102 valence electrons. The Balaban J connectivity index is 2.25. The fraction of sp³-hybridized carbons (Fsp3) is 0. The van der Waals surface area contributed by atoms with Crippen molar-refractivity contribution in [2.45, 2.75) is 0 Å². The summed E-state index contributed by atoms with van der Waals surface area (Å²) in [6, 6.07) is 4.36. The van der Waals surface area contributed by atoms with Crippen molar-refractivity contribution in [3.63, 3.8) is 0 Å². The highest BCUT2D eigenvalue weighted by Crippen LogP contribution is 2.19. The summed E-state index contributed by atoms with van der Waals surface area (Å²) in [4.78, 5) is 26.1. The second-order valence-electron chi connectivity index (χ2n) is 3.85. The van der Waals surface area contributed by atoms with Gasteiger partial charge in [0.15, 0.2) is 0 Å². The smallest absolute Gasteiger partial charge is 0.335 e. The van der Waals surface area contributed by atoms with E-state index in [0.717, 1.165) is 24.4 Å². The molecule has 7 heteroatoms. The maximum Gasteiger partial charge on any atom is 0.335 e. The molecule has 1 heterocycles. The zero-order chi connectivity index (χ0) is 14.7. The van der Waals surface area contributed by atoms with E-state index in [1.807, 2.05) is 0 Å². The lowest BCUT2D eigenvalue weighted by atomic mass is 10.2. The number of pyridine rings is 1. The Kier molecular flexibility index (Phi) is 3.60. The third-order valence-corrected chi connectivity index (χ3v) is 2.51. The average Bonchev–Trinajstić information content (AvgIpc) is 2.41. The summed E-state index contributed by atoms with van der Waals surface area (Å²) in [5.41, 5.74) is -0.481. The van der Waals surface area contributed by atoms with E-state index in [-0.39, 0.29) is 22.6 Å². The Morgan fingerprint density at radius 2 is 2.00 bits per heavy atom. The molecule has 2 rings (SSSR count). The number of carbonyl (C=O) groups excluding carboxylic acids is 1. The van der Waals surface area contributed by atoms with Crippen LogP contribution in [0.3, 0.4) is 0 Å². The molecule has 0 aliphatic heterocycles. The van der Waals surface area contributed by atoms with Crippen LogP contribution in [0.2, 0.25) is 0 Å². The highest BCUT2D eigenvalue weighted by atomic mass is 19.1. The number of carboxylic acids is 1. The van der Waals surface area contributed by atoms with E-state index in [1.165, 1.54) is 12.3 Å². The first-order valence-corrected chi connectivity index (χ1v) is 5.46. The summed E-state index contributed by atoms with van der Waals surface area (Å²) in [5.74, 6) is -3.22. The highest BCUT2D eigenvalue weighted by molar-refractivity contribution is 6.06. The Bertz CT molecular complexity index is 688. The minimum atomic E-state index is -1.27. The number of nitrogens with zero attached hydrogens (tertiary/aromatic N) is 1. The molecule has 0 unspecified atom stereocenters. The average molecular weight is 276 g/mol. The molecule has 1 amide bonds. The largest absolute Gasteiger partial charge is 0.505 e. The molecule has 20 heavy (non-hydrogen) atoms. The fourth-order valence-corrected chi connectivity index (χ4v) is 1.52. The first kappa shape index (κ1) is 13.5. The summed E-state index contributed by atoms with van der Waals surface area (Å²) < 4.78 is 13.6. The number of nitrogens with one attached hydrogen (secondary N) is 1. The van der Waals surface area contributed by atoms with E-state index in [9.17, 15) is 19.1 Å². The first-order valence-electron chi connectivity index (χ1n) is 5.46. The lowest BCUT2D eigenvalue weighted by Crippen LogP contribution is -2.13. The van der Waals surface area contributed by atoms with Crippen LogP contribution in [0, 0.1) is 5.82 Å². The van der Waals surface area contributed by atoms with Gasteiger partial charge in [-0.2, -0.15) is 0 Å². The fourth-order valence-electron chi connectivity index (χ4n) is 1.52. The molecule has 0 saturated carbocycles. The van der Waals surface area contributed by atoms with Gasteiger partial charge in [-0.25, -0.2) is 9.18 Å². The predicted molar refractivity (Wildman–Crippen MR) is 67.2 cm³/mol. The maximum absolute atomic E-state index is 13.6. The number of aromatic hydroxyl groups is 1. The van der Waals surface area contributed by atoms with Gasteiger partial charge in [0, 0.05) is 6.20 Å². The van der Waals surface area contributed by atoms with E-state index in [0.29, 0.717) is 0 Å². The number of hydrogen-bond donors (Lipinski definition) is 3. The zero-order valence-corrected chi connectivity index (χ0v) is 10.0. The number of hydrogen-bond acceptors (Lipinski definition) is 4. The second kappa shape index (κ2) is 5.35. The quantitative estimate of drug-likeness (QED) is 0.794. The summed E-state index contributed by atoms with van der Waals surface area (Å²) in [5, 5.41) is 20.4. The number of carbonyl (C=O) groups is 2. The lowest BCUT2D eigenvalue weighted by molar-refractivity contribution is 0.0696. The molecule has 0 bridgehead atoms. The van der Waals surface area contributed by atoms with Crippen LogP contribution in [-0.4, -0.2) is 27.1 Å². The molecule has 0 radical (unpaired) electrons. The Morgan fingerprint density at radius 1 is 1.25 bits per heavy atom. The monoisotopic (exact) mass is 276 g/mol. The van der Waals surface area contributed by atoms with Gasteiger partial charge in [-0.1, -0.05) is 0 Å². The van der Waals surface area contributed by atoms with E-state index >= 15 is 0 Å². The Hall–Kier alpha value is -2.96. The lowest BCUT2D eigenvalue weighted by Gasteiger charge is -2.07. The van der Waals surface area contributed by atoms with Gasteiger partial charge < -0.3 is 15.5 Å². The van der Waals surface area contributed by atoms with E-state index in [1.54, 1.807) is 0 Å². The van der Waals surface area contributed by atoms with Gasteiger partial charge >= 0.3 is 5.97 Å². The van der Waals surface area contributed by atoms with Crippen molar-refractivity contribution in [2.75, 3.05) is 5.32 Å². The molecule has 0 aliphatic carbocycles. The minimum Gasteiger partial charge on any atom is -0.505 e. The number of amides is 1. The van der Waals surface area contributed by atoms with Crippen molar-refractivity contribution >= 4 is 17.6 Å². The van der Waals surface area contributed by atoms with Crippen molar-refractivity contribution in [1.29, 1.82) is 0 Å². The molecule has 1 aromatic carbocycles. The van der Waals surface area contributed by atoms with Crippen LogP contribution >= 0.6 is 0 Å². The number of anilines is 1. The Morgan fingerprint density at radius 3 is 2.60 bits per heavy atom. The van der Waals surface area contributed by atoms with Crippen LogP contribution in [0.1, 0.15) is 20.7 Å². The third kappa shape index (κ3) is 2.72. The van der Waals surface area contributed by atoms with Gasteiger partial charge in [-0.3, -0.25) is 9.78 Å². The van der Waals surface area contributed by atoms with Gasteiger partial charge in [-0.05, 0) is 24.3 Å². The Labute approximate surface area is 112 Å². The zero-order valence-electron chi connectivity index (χ0n) is 10.0. The molecule has 0 atom stereocenters. The number of rotatable bonds is 3. The van der Waals surface area contributed by atoms with E-state index in [2.05, 4.69) is 10.3 Å². The molecular formula is C13H9FN2O4. The van der Waals surface area contributed by atoms with E-state index < -0.39 is 17.7 Å². The molecule has 0 saturated heterocycles. The second-order valence-corrected chi connectivity index (χ2v) is 3.85. The van der Waals surface area contributed by atoms with Crippen molar-refractivity contribution in [3.05, 3.63) is 53.6 Å². The van der Waals surface area contributed by atoms with Crippen molar-refractivity contribution in [2.24, 2.45) is 0 Å². The van der Waals surface area contributed by atoms with Crippen LogP contribution in [0.5, 0.6) is 5.75 Å². The molecule has 0 fully saturated rings. The number of halogens is 1. The summed E-state index contributed by atoms with van der Waals surface area (Å²) >= 11 is 0. The summed E-state index contributed by atoms with van der Waals surface area (Å²) in [6.07, 6.45) is 2.39. The molecule has 0 spiro atoms. The molecule has 2 aromatic rings. The summed E-state index contributed by atoms with van der Waals surface area (Å²) in [7, 11) is 0. The van der Waals surface area contributed by atoms with Crippen LogP contribution in [-0.2, 0) is 0 Å². The van der Waals surface area contributed by atoms with Gasteiger partial charge in [0.25, 0.3) is 5.91 Å². The normalized spacial score (nSPS) is 10.1. The van der Waals surface area contributed by atoms with Gasteiger partial charge in [0.2, 0.25) is 0 Å². The van der Waals surface area contributed by atoms with Crippen molar-refractivity contribution in [1.82, 2.24) is 4.98 Å². The topological polar surface area (TPSA) is 99.5 Å². The standard InChI is InChI=1S/C13H9FN2O4/c14-9-5-7(13(19)20)1-2-10(9)16-12(18)8-3-4-15-6-11(8)17/h1-6,17H,(H,16,18)(H,19,20). The van der Waals surface area contributed by atoms with Crippen molar-refractivity contribution < 1.29 is 24.2 Å². The van der Waals surface area contributed by atoms with Crippen LogP contribution in [0.4, 0.5) is 10.1 Å². The van der Waals surface area contributed by atoms with Gasteiger partial charge in [-0.15, -0.1) is 0 Å². The predicted octanol–water partition coefficient (Wildman–Crippen LogP) is 1.88.